The van der Waals surface area contributed by atoms with Crippen LogP contribution in [0.25, 0.3) is 0 Å². The van der Waals surface area contributed by atoms with E-state index in [0.29, 0.717) is 5.75 Å². The fourth-order valence-corrected chi connectivity index (χ4v) is 2.26. The number of hydrogen-bond donors (Lipinski definition) is 2. The first-order chi connectivity index (χ1) is 7.11. The number of aliphatic carboxylic acids is 1. The van der Waals surface area contributed by atoms with Crippen LogP contribution >= 0.6 is 11.8 Å². The third-order valence-electron chi connectivity index (χ3n) is 2.07. The first kappa shape index (κ1) is 12.1. The highest BCUT2D eigenvalue weighted by atomic mass is 32.2. The maximum atomic E-state index is 10.8. The van der Waals surface area contributed by atoms with Gasteiger partial charge in [0.15, 0.2) is 0 Å². The van der Waals surface area contributed by atoms with Crippen LogP contribution in [0.15, 0.2) is 35.2 Å². The Bertz CT molecular complexity index is 311. The Morgan fingerprint density at radius 3 is 2.47 bits per heavy atom. The van der Waals surface area contributed by atoms with Crippen molar-refractivity contribution in [2.45, 2.75) is 17.9 Å². The highest BCUT2D eigenvalue weighted by Gasteiger charge is 2.22. The Hall–Kier alpha value is -1.00. The van der Waals surface area contributed by atoms with Crippen molar-refractivity contribution in [3.63, 3.8) is 0 Å². The minimum atomic E-state index is -0.951. The van der Waals surface area contributed by atoms with Gasteiger partial charge in [0, 0.05) is 10.6 Å². The molecule has 82 valence electrons. The molecule has 2 N–H and O–H groups in total. The molecular weight excluding hydrogens is 212 g/mol. The van der Waals surface area contributed by atoms with Crippen molar-refractivity contribution < 1.29 is 15.0 Å². The highest BCUT2D eigenvalue weighted by Crippen LogP contribution is 2.21. The molecule has 0 aliphatic rings. The van der Waals surface area contributed by atoms with E-state index in [9.17, 15) is 9.90 Å². The van der Waals surface area contributed by atoms with E-state index in [4.69, 9.17) is 5.11 Å². The lowest BCUT2D eigenvalue weighted by Crippen LogP contribution is -2.27. The van der Waals surface area contributed by atoms with Gasteiger partial charge in [-0.2, -0.15) is 0 Å². The highest BCUT2D eigenvalue weighted by molar-refractivity contribution is 7.99. The van der Waals surface area contributed by atoms with Gasteiger partial charge in [0.2, 0.25) is 0 Å². The third kappa shape index (κ3) is 3.93. The number of benzene rings is 1. The molecule has 0 aliphatic heterocycles. The summed E-state index contributed by atoms with van der Waals surface area (Å²) in [6.45, 7) is 1.50. The molecule has 0 spiro atoms. The second-order valence-corrected chi connectivity index (χ2v) is 4.40. The molecule has 1 aromatic rings. The minimum absolute atomic E-state index is 0.386. The summed E-state index contributed by atoms with van der Waals surface area (Å²) in [4.78, 5) is 11.8. The average Bonchev–Trinajstić information content (AvgIpc) is 2.18. The number of rotatable bonds is 5. The lowest BCUT2D eigenvalue weighted by molar-refractivity contribution is -0.144. The summed E-state index contributed by atoms with van der Waals surface area (Å²) < 4.78 is 0. The van der Waals surface area contributed by atoms with Crippen LogP contribution < -0.4 is 0 Å². The van der Waals surface area contributed by atoms with E-state index in [1.165, 1.54) is 18.7 Å². The number of aliphatic hydroxyl groups excluding tert-OH is 1. The summed E-state index contributed by atoms with van der Waals surface area (Å²) in [6, 6.07) is 9.56. The molecule has 1 aromatic carbocycles. The summed E-state index contributed by atoms with van der Waals surface area (Å²) in [7, 11) is 0. The molecule has 0 saturated carbocycles. The van der Waals surface area contributed by atoms with Crippen LogP contribution in [0, 0.1) is 5.92 Å². The molecule has 0 aromatic heterocycles. The van der Waals surface area contributed by atoms with Gasteiger partial charge in [0.25, 0.3) is 0 Å². The molecule has 0 fully saturated rings. The first-order valence-electron chi connectivity index (χ1n) is 4.70. The predicted octanol–water partition coefficient (Wildman–Crippen LogP) is 1.86. The molecular formula is C11H14O3S. The third-order valence-corrected chi connectivity index (χ3v) is 3.20. The largest absolute Gasteiger partial charge is 0.481 e. The summed E-state index contributed by atoms with van der Waals surface area (Å²) in [6.07, 6.45) is -0.821. The van der Waals surface area contributed by atoms with Crippen LogP contribution in [-0.4, -0.2) is 28.0 Å². The predicted molar refractivity (Wildman–Crippen MR) is 60.0 cm³/mol. The quantitative estimate of drug-likeness (QED) is 0.752. The lowest BCUT2D eigenvalue weighted by Gasteiger charge is -2.14. The van der Waals surface area contributed by atoms with Gasteiger partial charge in [0.05, 0.1) is 12.0 Å². The van der Waals surface area contributed by atoms with E-state index >= 15 is 0 Å². The monoisotopic (exact) mass is 226 g/mol. The number of carbonyl (C=O) groups is 1. The van der Waals surface area contributed by atoms with Crippen molar-refractivity contribution in [2.75, 3.05) is 5.75 Å². The maximum Gasteiger partial charge on any atom is 0.309 e. The van der Waals surface area contributed by atoms with E-state index in [1.54, 1.807) is 0 Å². The van der Waals surface area contributed by atoms with E-state index < -0.39 is 18.0 Å². The SMILES string of the molecule is C[C@@H](O)[C@H](CSc1ccccc1)C(=O)O. The Balaban J connectivity index is 2.51. The number of aliphatic hydroxyl groups is 1. The van der Waals surface area contributed by atoms with Gasteiger partial charge < -0.3 is 10.2 Å². The van der Waals surface area contributed by atoms with Crippen molar-refractivity contribution in [2.24, 2.45) is 5.92 Å². The molecule has 0 aliphatic carbocycles. The van der Waals surface area contributed by atoms with Gasteiger partial charge in [-0.3, -0.25) is 4.79 Å². The van der Waals surface area contributed by atoms with Crippen molar-refractivity contribution >= 4 is 17.7 Å². The van der Waals surface area contributed by atoms with Gasteiger partial charge >= 0.3 is 5.97 Å². The molecule has 3 nitrogen and oxygen atoms in total. The van der Waals surface area contributed by atoms with Crippen LogP contribution in [-0.2, 0) is 4.79 Å². The van der Waals surface area contributed by atoms with E-state index in [-0.39, 0.29) is 0 Å². The van der Waals surface area contributed by atoms with Crippen molar-refractivity contribution in [1.29, 1.82) is 0 Å². The molecule has 0 amide bonds. The average molecular weight is 226 g/mol. The fourth-order valence-electron chi connectivity index (χ4n) is 1.12. The van der Waals surface area contributed by atoms with Crippen LogP contribution in [0.2, 0.25) is 0 Å². The second kappa shape index (κ2) is 5.78. The molecule has 0 saturated heterocycles. The van der Waals surface area contributed by atoms with Gasteiger partial charge in [-0.05, 0) is 19.1 Å². The summed E-state index contributed by atoms with van der Waals surface area (Å²) in [5, 5.41) is 18.1. The number of hydrogen-bond acceptors (Lipinski definition) is 3. The molecule has 2 atom stereocenters. The zero-order chi connectivity index (χ0) is 11.3. The van der Waals surface area contributed by atoms with Crippen molar-refractivity contribution in [1.82, 2.24) is 0 Å². The Labute approximate surface area is 93.1 Å². The second-order valence-electron chi connectivity index (χ2n) is 3.31. The van der Waals surface area contributed by atoms with E-state index in [1.807, 2.05) is 30.3 Å². The van der Waals surface area contributed by atoms with Crippen LogP contribution in [0.3, 0.4) is 0 Å². The van der Waals surface area contributed by atoms with Gasteiger partial charge in [-0.1, -0.05) is 18.2 Å². The molecule has 0 unspecified atom stereocenters. The molecule has 1 rings (SSSR count). The Morgan fingerprint density at radius 2 is 2.00 bits per heavy atom. The maximum absolute atomic E-state index is 10.8. The first-order valence-corrected chi connectivity index (χ1v) is 5.68. The lowest BCUT2D eigenvalue weighted by atomic mass is 10.1. The smallest absolute Gasteiger partial charge is 0.309 e. The summed E-state index contributed by atoms with van der Waals surface area (Å²) in [5.74, 6) is -1.28. The molecule has 0 bridgehead atoms. The molecule has 0 heterocycles. The molecule has 15 heavy (non-hydrogen) atoms. The van der Waals surface area contributed by atoms with Gasteiger partial charge in [-0.15, -0.1) is 11.8 Å². The fraction of sp³-hybridized carbons (Fsp3) is 0.364. The van der Waals surface area contributed by atoms with Crippen LogP contribution in [0.1, 0.15) is 6.92 Å². The van der Waals surface area contributed by atoms with E-state index in [0.717, 1.165) is 4.90 Å². The van der Waals surface area contributed by atoms with Crippen molar-refractivity contribution in [3.05, 3.63) is 30.3 Å². The van der Waals surface area contributed by atoms with Crippen molar-refractivity contribution in [3.8, 4) is 0 Å². The topological polar surface area (TPSA) is 57.5 Å². The van der Waals surface area contributed by atoms with E-state index in [2.05, 4.69) is 0 Å². The molecule has 0 radical (unpaired) electrons. The normalized spacial score (nSPS) is 14.5. The van der Waals surface area contributed by atoms with Gasteiger partial charge in [-0.25, -0.2) is 0 Å². The number of carboxylic acids is 1. The minimum Gasteiger partial charge on any atom is -0.481 e. The standard InChI is InChI=1S/C11H14O3S/c1-8(12)10(11(13)14)7-15-9-5-3-2-4-6-9/h2-6,8,10,12H,7H2,1H3,(H,13,14)/t8-,10+/m1/s1. The number of carboxylic acid groups (broad SMARTS) is 1. The van der Waals surface area contributed by atoms with Crippen LogP contribution in [0.4, 0.5) is 0 Å². The molecule has 4 heteroatoms. The number of thioether (sulfide) groups is 1. The Morgan fingerprint density at radius 1 is 1.40 bits per heavy atom. The summed E-state index contributed by atoms with van der Waals surface area (Å²) >= 11 is 1.44. The zero-order valence-electron chi connectivity index (χ0n) is 8.46. The van der Waals surface area contributed by atoms with Gasteiger partial charge in [0.1, 0.15) is 0 Å². The Kier molecular flexibility index (Phi) is 4.65. The van der Waals surface area contributed by atoms with Crippen LogP contribution in [0.5, 0.6) is 0 Å². The summed E-state index contributed by atoms with van der Waals surface area (Å²) in [5.41, 5.74) is 0. The zero-order valence-corrected chi connectivity index (χ0v) is 9.28.